The molecule has 0 atom stereocenters. The third-order valence-corrected chi connectivity index (χ3v) is 2.14. The highest BCUT2D eigenvalue weighted by atomic mass is 16.3. The molecule has 4 heteroatoms. The Balaban J connectivity index is 2.90. The fourth-order valence-corrected chi connectivity index (χ4v) is 1.54. The highest BCUT2D eigenvalue weighted by molar-refractivity contribution is 5.11. The minimum absolute atomic E-state index is 0.249. The minimum atomic E-state index is 0.249. The van der Waals surface area contributed by atoms with Crippen molar-refractivity contribution in [1.82, 2.24) is 15.6 Å². The maximum atomic E-state index is 9.86. The number of hydrogen-bond donors (Lipinski definition) is 2. The molecule has 0 aliphatic carbocycles. The van der Waals surface area contributed by atoms with Crippen molar-refractivity contribution < 1.29 is 5.11 Å². The second-order valence-corrected chi connectivity index (χ2v) is 3.99. The Morgan fingerprint density at radius 2 is 1.77 bits per heavy atom. The molecule has 0 amide bonds. The minimum Gasteiger partial charge on any atom is -0.492 e. The molecule has 0 saturated heterocycles. The van der Waals surface area contributed by atoms with E-state index in [9.17, 15) is 5.11 Å². The van der Waals surface area contributed by atoms with Crippen molar-refractivity contribution in [1.29, 1.82) is 0 Å². The molecule has 0 radical (unpaired) electrons. The first-order valence-electron chi connectivity index (χ1n) is 4.67. The van der Waals surface area contributed by atoms with E-state index in [-0.39, 0.29) is 6.04 Å². The van der Waals surface area contributed by atoms with Gasteiger partial charge >= 0.3 is 0 Å². The number of allylic oxidation sites excluding steroid dienone is 1. The zero-order chi connectivity index (χ0) is 10.2. The summed E-state index contributed by atoms with van der Waals surface area (Å²) in [6.07, 6.45) is 0. The van der Waals surface area contributed by atoms with Crippen LogP contribution in [0.25, 0.3) is 0 Å². The SMILES string of the molecule is CC(C)C1=C(O)N(C(C)C)NN1C. The Hall–Kier alpha value is -0.900. The number of hydrazine groups is 2. The van der Waals surface area contributed by atoms with Gasteiger partial charge in [-0.1, -0.05) is 13.8 Å². The smallest absolute Gasteiger partial charge is 0.224 e. The van der Waals surface area contributed by atoms with Crippen molar-refractivity contribution >= 4 is 0 Å². The van der Waals surface area contributed by atoms with Crippen LogP contribution in [-0.2, 0) is 0 Å². The highest BCUT2D eigenvalue weighted by Gasteiger charge is 2.29. The third kappa shape index (κ3) is 1.72. The fourth-order valence-electron chi connectivity index (χ4n) is 1.54. The molecule has 76 valence electrons. The lowest BCUT2D eigenvalue weighted by Gasteiger charge is -2.24. The average molecular weight is 185 g/mol. The Labute approximate surface area is 79.8 Å². The molecule has 0 fully saturated rings. The standard InChI is InChI=1S/C9H19N3O/c1-6(2)8-9(13)12(7(3)4)10-11(8)5/h6-7,10,13H,1-5H3. The van der Waals surface area contributed by atoms with Crippen LogP contribution in [-0.4, -0.2) is 28.2 Å². The van der Waals surface area contributed by atoms with Gasteiger partial charge in [0.15, 0.2) is 0 Å². The molecular weight excluding hydrogens is 166 g/mol. The molecule has 2 N–H and O–H groups in total. The summed E-state index contributed by atoms with van der Waals surface area (Å²) < 4.78 is 0. The molecule has 1 rings (SSSR count). The number of hydrogen-bond acceptors (Lipinski definition) is 4. The number of aliphatic hydroxyl groups excluding tert-OH is 1. The highest BCUT2D eigenvalue weighted by Crippen LogP contribution is 2.24. The van der Waals surface area contributed by atoms with E-state index in [1.807, 2.05) is 25.9 Å². The van der Waals surface area contributed by atoms with Crippen molar-refractivity contribution in [3.63, 3.8) is 0 Å². The second-order valence-electron chi connectivity index (χ2n) is 3.99. The number of rotatable bonds is 2. The summed E-state index contributed by atoms with van der Waals surface area (Å²) in [4.78, 5) is 0. The Morgan fingerprint density at radius 1 is 1.23 bits per heavy atom. The molecule has 1 heterocycles. The molecule has 0 aromatic carbocycles. The molecule has 13 heavy (non-hydrogen) atoms. The van der Waals surface area contributed by atoms with Crippen molar-refractivity contribution in [2.45, 2.75) is 33.7 Å². The molecule has 0 aromatic rings. The fraction of sp³-hybridized carbons (Fsp3) is 0.778. The van der Waals surface area contributed by atoms with Gasteiger partial charge in [-0.15, -0.1) is 5.53 Å². The van der Waals surface area contributed by atoms with Crippen LogP contribution in [0.1, 0.15) is 27.7 Å². The first-order chi connectivity index (χ1) is 5.95. The average Bonchev–Trinajstić information content (AvgIpc) is 2.26. The van der Waals surface area contributed by atoms with Gasteiger partial charge in [-0.2, -0.15) is 0 Å². The lowest BCUT2D eigenvalue weighted by Crippen LogP contribution is -2.43. The van der Waals surface area contributed by atoms with Gasteiger partial charge in [0.25, 0.3) is 0 Å². The Bertz CT molecular complexity index is 223. The topological polar surface area (TPSA) is 38.7 Å². The van der Waals surface area contributed by atoms with Gasteiger partial charge in [0.2, 0.25) is 5.88 Å². The van der Waals surface area contributed by atoms with E-state index >= 15 is 0 Å². The lowest BCUT2D eigenvalue weighted by molar-refractivity contribution is 0.0740. The monoisotopic (exact) mass is 185 g/mol. The molecule has 1 aliphatic heterocycles. The van der Waals surface area contributed by atoms with Crippen LogP contribution in [0.5, 0.6) is 0 Å². The van der Waals surface area contributed by atoms with Crippen molar-refractivity contribution in [2.24, 2.45) is 5.92 Å². The van der Waals surface area contributed by atoms with Crippen LogP contribution in [0.2, 0.25) is 0 Å². The number of nitrogens with zero attached hydrogens (tertiary/aromatic N) is 2. The van der Waals surface area contributed by atoms with Crippen LogP contribution in [0.4, 0.5) is 0 Å². The van der Waals surface area contributed by atoms with E-state index < -0.39 is 0 Å². The van der Waals surface area contributed by atoms with E-state index in [1.54, 1.807) is 5.01 Å². The predicted octanol–water partition coefficient (Wildman–Crippen LogP) is 1.44. The van der Waals surface area contributed by atoms with Gasteiger partial charge in [0, 0.05) is 19.0 Å². The van der Waals surface area contributed by atoms with Crippen LogP contribution in [0, 0.1) is 5.92 Å². The van der Waals surface area contributed by atoms with E-state index in [4.69, 9.17) is 0 Å². The zero-order valence-corrected chi connectivity index (χ0v) is 9.00. The summed E-state index contributed by atoms with van der Waals surface area (Å²) in [5.41, 5.74) is 4.02. The molecule has 0 saturated carbocycles. The van der Waals surface area contributed by atoms with Crippen molar-refractivity contribution in [2.75, 3.05) is 7.05 Å². The van der Waals surface area contributed by atoms with Crippen LogP contribution >= 0.6 is 0 Å². The molecular formula is C9H19N3O. The van der Waals surface area contributed by atoms with Gasteiger partial charge in [-0.05, 0) is 13.8 Å². The van der Waals surface area contributed by atoms with Crippen molar-refractivity contribution in [3.05, 3.63) is 11.6 Å². The molecule has 0 bridgehead atoms. The zero-order valence-electron chi connectivity index (χ0n) is 9.00. The summed E-state index contributed by atoms with van der Waals surface area (Å²) in [6, 6.07) is 0.249. The summed E-state index contributed by atoms with van der Waals surface area (Å²) in [5, 5.41) is 13.5. The quantitative estimate of drug-likeness (QED) is 0.683. The predicted molar refractivity (Wildman–Crippen MR) is 52.4 cm³/mol. The molecule has 0 unspecified atom stereocenters. The molecule has 1 aliphatic rings. The van der Waals surface area contributed by atoms with Gasteiger partial charge in [-0.25, -0.2) is 0 Å². The van der Waals surface area contributed by atoms with Gasteiger partial charge in [0.1, 0.15) is 0 Å². The van der Waals surface area contributed by atoms with Gasteiger partial charge in [-0.3, -0.25) is 10.0 Å². The van der Waals surface area contributed by atoms with Gasteiger partial charge in [0.05, 0.1) is 5.70 Å². The number of nitrogens with one attached hydrogen (secondary N) is 1. The second kappa shape index (κ2) is 3.46. The van der Waals surface area contributed by atoms with Crippen molar-refractivity contribution in [3.8, 4) is 0 Å². The third-order valence-electron chi connectivity index (χ3n) is 2.14. The summed E-state index contributed by atoms with van der Waals surface area (Å²) >= 11 is 0. The van der Waals surface area contributed by atoms with Crippen LogP contribution in [0.15, 0.2) is 11.6 Å². The maximum Gasteiger partial charge on any atom is 0.224 e. The normalized spacial score (nSPS) is 18.4. The molecule has 4 nitrogen and oxygen atoms in total. The lowest BCUT2D eigenvalue weighted by atomic mass is 10.1. The summed E-state index contributed by atoms with van der Waals surface area (Å²) in [7, 11) is 1.91. The summed E-state index contributed by atoms with van der Waals surface area (Å²) in [5.74, 6) is 0.661. The Kier molecular flexibility index (Phi) is 2.71. The largest absolute Gasteiger partial charge is 0.492 e. The molecule has 0 aromatic heterocycles. The van der Waals surface area contributed by atoms with E-state index in [2.05, 4.69) is 19.4 Å². The van der Waals surface area contributed by atoms with E-state index in [0.717, 1.165) is 5.70 Å². The van der Waals surface area contributed by atoms with Crippen LogP contribution < -0.4 is 5.53 Å². The summed E-state index contributed by atoms with van der Waals surface area (Å²) in [6.45, 7) is 8.18. The first-order valence-corrected chi connectivity index (χ1v) is 4.67. The first kappa shape index (κ1) is 10.2. The van der Waals surface area contributed by atoms with E-state index in [1.165, 1.54) is 0 Å². The Morgan fingerprint density at radius 3 is 2.00 bits per heavy atom. The van der Waals surface area contributed by atoms with E-state index in [0.29, 0.717) is 11.8 Å². The van der Waals surface area contributed by atoms with Gasteiger partial charge < -0.3 is 5.11 Å². The maximum absolute atomic E-state index is 9.86. The van der Waals surface area contributed by atoms with Crippen LogP contribution in [0.3, 0.4) is 0 Å². The number of aliphatic hydroxyl groups is 1. The molecule has 0 spiro atoms.